The number of fused-ring (bicyclic) bond motifs is 1. The van der Waals surface area contributed by atoms with E-state index in [9.17, 15) is 4.79 Å². The van der Waals surface area contributed by atoms with Gasteiger partial charge in [0.05, 0.1) is 19.9 Å². The summed E-state index contributed by atoms with van der Waals surface area (Å²) in [4.78, 5) is 15.5. The zero-order valence-corrected chi connectivity index (χ0v) is 9.01. The Balaban J connectivity index is 2.39. The number of carbonyl (C=O) groups is 1. The minimum Gasteiger partial charge on any atom is -0.480 e. The molecule has 0 atom stereocenters. The lowest BCUT2D eigenvalue weighted by Gasteiger charge is -1.96. The smallest absolute Gasteiger partial charge is 0.358 e. The average Bonchev–Trinajstić information content (AvgIpc) is 2.71. The highest BCUT2D eigenvalue weighted by atomic mass is 16.5. The summed E-state index contributed by atoms with van der Waals surface area (Å²) >= 11 is 0. The van der Waals surface area contributed by atoms with Gasteiger partial charge in [-0.1, -0.05) is 0 Å². The topological polar surface area (TPSA) is 65.7 Å². The molecule has 0 bridgehead atoms. The van der Waals surface area contributed by atoms with E-state index in [1.165, 1.54) is 17.8 Å². The first kappa shape index (κ1) is 10.4. The second-order valence-corrected chi connectivity index (χ2v) is 3.03. The second kappa shape index (κ2) is 4.18. The molecular formula is C10H11N3O3. The highest BCUT2D eigenvalue weighted by Crippen LogP contribution is 2.09. The molecule has 16 heavy (non-hydrogen) atoms. The first-order chi connectivity index (χ1) is 7.74. The molecule has 0 unspecified atom stereocenters. The number of hydrogen-bond acceptors (Lipinski definition) is 5. The third kappa shape index (κ3) is 1.81. The maximum Gasteiger partial charge on any atom is 0.358 e. The largest absolute Gasteiger partial charge is 0.480 e. The number of esters is 1. The lowest BCUT2D eigenvalue weighted by Crippen LogP contribution is -2.04. The van der Waals surface area contributed by atoms with Crippen LogP contribution in [-0.2, 0) is 4.74 Å². The number of imidazole rings is 1. The predicted molar refractivity (Wildman–Crippen MR) is 55.5 cm³/mol. The van der Waals surface area contributed by atoms with E-state index in [2.05, 4.69) is 10.1 Å². The summed E-state index contributed by atoms with van der Waals surface area (Å²) in [5.74, 6) is 0.00674. The summed E-state index contributed by atoms with van der Waals surface area (Å²) in [6.45, 7) is 2.07. The van der Waals surface area contributed by atoms with Crippen molar-refractivity contribution in [3.63, 3.8) is 0 Å². The van der Waals surface area contributed by atoms with Crippen LogP contribution in [0.2, 0.25) is 0 Å². The maximum absolute atomic E-state index is 11.4. The number of ether oxygens (including phenoxy) is 2. The molecule has 0 aliphatic carbocycles. The SMILES string of the molecule is CCOC(=O)c1cn2nc(OC)ccc2n1. The number of carbonyl (C=O) groups excluding carboxylic acids is 1. The predicted octanol–water partition coefficient (Wildman–Crippen LogP) is 0.915. The number of aromatic nitrogens is 3. The maximum atomic E-state index is 11.4. The molecule has 6 heteroatoms. The first-order valence-electron chi connectivity index (χ1n) is 4.82. The summed E-state index contributed by atoms with van der Waals surface area (Å²) in [5, 5.41) is 4.08. The Morgan fingerprint density at radius 2 is 2.31 bits per heavy atom. The normalized spacial score (nSPS) is 10.4. The minimum absolute atomic E-state index is 0.239. The summed E-state index contributed by atoms with van der Waals surface area (Å²) in [5.41, 5.74) is 0.812. The number of nitrogens with zero attached hydrogens (tertiary/aromatic N) is 3. The molecule has 0 saturated carbocycles. The summed E-state index contributed by atoms with van der Waals surface area (Å²) in [6, 6.07) is 3.39. The Morgan fingerprint density at radius 3 is 3.00 bits per heavy atom. The van der Waals surface area contributed by atoms with Crippen LogP contribution in [0.25, 0.3) is 5.65 Å². The Hall–Kier alpha value is -2.11. The van der Waals surface area contributed by atoms with Gasteiger partial charge in [0.2, 0.25) is 5.88 Å². The van der Waals surface area contributed by atoms with Gasteiger partial charge in [0.1, 0.15) is 0 Å². The third-order valence-corrected chi connectivity index (χ3v) is 1.99. The molecule has 84 valence electrons. The van der Waals surface area contributed by atoms with Crippen molar-refractivity contribution in [1.82, 2.24) is 14.6 Å². The Bertz CT molecular complexity index is 521. The van der Waals surface area contributed by atoms with E-state index >= 15 is 0 Å². The Morgan fingerprint density at radius 1 is 1.50 bits per heavy atom. The summed E-state index contributed by atoms with van der Waals surface area (Å²) < 4.78 is 11.3. The molecule has 0 radical (unpaired) electrons. The summed E-state index contributed by atoms with van der Waals surface area (Å²) in [6.07, 6.45) is 1.51. The Kier molecular flexibility index (Phi) is 2.72. The van der Waals surface area contributed by atoms with E-state index in [4.69, 9.17) is 9.47 Å². The van der Waals surface area contributed by atoms with Gasteiger partial charge in [-0.15, -0.1) is 5.10 Å². The van der Waals surface area contributed by atoms with Crippen molar-refractivity contribution < 1.29 is 14.3 Å². The fourth-order valence-corrected chi connectivity index (χ4v) is 1.28. The monoisotopic (exact) mass is 221 g/mol. The Labute approximate surface area is 91.8 Å². The van der Waals surface area contributed by atoms with Crippen molar-refractivity contribution in [3.8, 4) is 5.88 Å². The molecule has 0 N–H and O–H groups in total. The van der Waals surface area contributed by atoms with Crippen molar-refractivity contribution in [3.05, 3.63) is 24.0 Å². The van der Waals surface area contributed by atoms with Gasteiger partial charge in [-0.3, -0.25) is 0 Å². The molecule has 0 aliphatic rings. The van der Waals surface area contributed by atoms with E-state index < -0.39 is 5.97 Å². The van der Waals surface area contributed by atoms with Crippen molar-refractivity contribution in [1.29, 1.82) is 0 Å². The van der Waals surface area contributed by atoms with E-state index in [0.717, 1.165) is 0 Å². The lowest BCUT2D eigenvalue weighted by molar-refractivity contribution is 0.0520. The highest BCUT2D eigenvalue weighted by Gasteiger charge is 2.12. The quantitative estimate of drug-likeness (QED) is 0.721. The van der Waals surface area contributed by atoms with Crippen molar-refractivity contribution >= 4 is 11.6 Å². The second-order valence-electron chi connectivity index (χ2n) is 3.03. The van der Waals surface area contributed by atoms with E-state index in [0.29, 0.717) is 18.1 Å². The van der Waals surface area contributed by atoms with Crippen LogP contribution in [0.1, 0.15) is 17.4 Å². The molecule has 6 nitrogen and oxygen atoms in total. The van der Waals surface area contributed by atoms with Gasteiger partial charge < -0.3 is 9.47 Å². The third-order valence-electron chi connectivity index (χ3n) is 1.99. The van der Waals surface area contributed by atoms with Crippen LogP contribution in [0.5, 0.6) is 5.88 Å². The van der Waals surface area contributed by atoms with Gasteiger partial charge >= 0.3 is 5.97 Å². The van der Waals surface area contributed by atoms with Crippen LogP contribution in [0.4, 0.5) is 0 Å². The lowest BCUT2D eigenvalue weighted by atomic mass is 10.5. The molecule has 2 aromatic rings. The van der Waals surface area contributed by atoms with Gasteiger partial charge in [0.25, 0.3) is 0 Å². The van der Waals surface area contributed by atoms with E-state index in [1.807, 2.05) is 0 Å². The van der Waals surface area contributed by atoms with Crippen LogP contribution in [0.15, 0.2) is 18.3 Å². The molecule has 0 saturated heterocycles. The van der Waals surface area contributed by atoms with Gasteiger partial charge in [0, 0.05) is 6.07 Å². The first-order valence-corrected chi connectivity index (χ1v) is 4.82. The molecule has 0 amide bonds. The fraction of sp³-hybridized carbons (Fsp3) is 0.300. The standard InChI is InChI=1S/C10H11N3O3/c1-3-16-10(14)7-6-13-8(11-7)4-5-9(12-13)15-2/h4-6H,3H2,1-2H3. The van der Waals surface area contributed by atoms with Crippen molar-refractivity contribution in [2.75, 3.05) is 13.7 Å². The summed E-state index contributed by atoms with van der Waals surface area (Å²) in [7, 11) is 1.53. The molecule has 2 aromatic heterocycles. The van der Waals surface area contributed by atoms with E-state index in [1.54, 1.807) is 19.1 Å². The van der Waals surface area contributed by atoms with Crippen LogP contribution in [-0.4, -0.2) is 34.3 Å². The van der Waals surface area contributed by atoms with Gasteiger partial charge in [-0.2, -0.15) is 0 Å². The van der Waals surface area contributed by atoms with E-state index in [-0.39, 0.29) is 5.69 Å². The van der Waals surface area contributed by atoms with Crippen LogP contribution < -0.4 is 4.74 Å². The molecule has 0 spiro atoms. The number of methoxy groups -OCH3 is 1. The molecule has 2 heterocycles. The number of rotatable bonds is 3. The van der Waals surface area contributed by atoms with Crippen molar-refractivity contribution in [2.45, 2.75) is 6.92 Å². The molecular weight excluding hydrogens is 210 g/mol. The van der Waals surface area contributed by atoms with Gasteiger partial charge in [-0.25, -0.2) is 14.3 Å². The molecule has 0 aliphatic heterocycles. The highest BCUT2D eigenvalue weighted by molar-refractivity contribution is 5.87. The average molecular weight is 221 g/mol. The van der Waals surface area contributed by atoms with Crippen LogP contribution in [0, 0.1) is 0 Å². The van der Waals surface area contributed by atoms with Crippen LogP contribution >= 0.6 is 0 Å². The van der Waals surface area contributed by atoms with Crippen molar-refractivity contribution in [2.24, 2.45) is 0 Å². The van der Waals surface area contributed by atoms with Crippen LogP contribution in [0.3, 0.4) is 0 Å². The molecule has 0 aromatic carbocycles. The minimum atomic E-state index is -0.452. The molecule has 2 rings (SSSR count). The zero-order valence-electron chi connectivity index (χ0n) is 9.01. The van der Waals surface area contributed by atoms with Gasteiger partial charge in [-0.05, 0) is 13.0 Å². The molecule has 0 fully saturated rings. The zero-order chi connectivity index (χ0) is 11.5. The fourth-order valence-electron chi connectivity index (χ4n) is 1.28. The van der Waals surface area contributed by atoms with Gasteiger partial charge in [0.15, 0.2) is 11.3 Å². The number of hydrogen-bond donors (Lipinski definition) is 0.